The fraction of sp³-hybridized carbons (Fsp3) is 0.524. The quantitative estimate of drug-likeness (QED) is 0.674. The molecule has 2 aliphatic rings. The van der Waals surface area contributed by atoms with Gasteiger partial charge in [0.05, 0.1) is 30.6 Å². The van der Waals surface area contributed by atoms with Gasteiger partial charge in [-0.2, -0.15) is 0 Å². The van der Waals surface area contributed by atoms with Crippen LogP contribution in [0.2, 0.25) is 0 Å². The first-order valence-electron chi connectivity index (χ1n) is 10.5. The Bertz CT molecular complexity index is 1030. The molecule has 1 amide bonds. The second-order valence-electron chi connectivity index (χ2n) is 8.08. The lowest BCUT2D eigenvalue weighted by molar-refractivity contribution is -0.137. The van der Waals surface area contributed by atoms with E-state index in [-0.39, 0.29) is 11.9 Å². The van der Waals surface area contributed by atoms with E-state index in [1.54, 1.807) is 0 Å². The Hall–Kier alpha value is -2.74. The molecule has 5 rings (SSSR count). The Morgan fingerprint density at radius 1 is 1.24 bits per heavy atom. The SMILES string of the molecule is C=NCCN1CCCC1C(=O)N1CCC(n2cnc3cnc4[nH]ccc4c32)CC1. The lowest BCUT2D eigenvalue weighted by Crippen LogP contribution is -2.49. The maximum Gasteiger partial charge on any atom is 0.239 e. The van der Waals surface area contributed by atoms with Crippen molar-refractivity contribution in [1.29, 1.82) is 0 Å². The largest absolute Gasteiger partial charge is 0.346 e. The molecule has 0 radical (unpaired) electrons. The molecule has 1 N–H and O–H groups in total. The van der Waals surface area contributed by atoms with E-state index < -0.39 is 0 Å². The van der Waals surface area contributed by atoms with Gasteiger partial charge in [-0.3, -0.25) is 14.7 Å². The lowest BCUT2D eigenvalue weighted by atomic mass is 10.0. The number of likely N-dealkylation sites (tertiary alicyclic amines) is 2. The second kappa shape index (κ2) is 7.59. The van der Waals surface area contributed by atoms with Crippen LogP contribution in [0.3, 0.4) is 0 Å². The molecule has 3 aromatic rings. The van der Waals surface area contributed by atoms with Crippen molar-refractivity contribution in [2.45, 2.75) is 37.8 Å². The Morgan fingerprint density at radius 3 is 2.93 bits per heavy atom. The number of piperidine rings is 1. The zero-order chi connectivity index (χ0) is 19.8. The van der Waals surface area contributed by atoms with Gasteiger partial charge in [0.2, 0.25) is 5.91 Å². The van der Waals surface area contributed by atoms with Crippen molar-refractivity contribution in [3.8, 4) is 0 Å². The fourth-order valence-corrected chi connectivity index (χ4v) is 4.96. The summed E-state index contributed by atoms with van der Waals surface area (Å²) in [6, 6.07) is 2.44. The molecule has 3 aromatic heterocycles. The number of rotatable bonds is 5. The van der Waals surface area contributed by atoms with Gasteiger partial charge in [-0.05, 0) is 45.0 Å². The van der Waals surface area contributed by atoms with Gasteiger partial charge in [0.1, 0.15) is 11.2 Å². The zero-order valence-corrected chi connectivity index (χ0v) is 16.6. The predicted octanol–water partition coefficient (Wildman–Crippen LogP) is 2.24. The summed E-state index contributed by atoms with van der Waals surface area (Å²) < 4.78 is 2.28. The topological polar surface area (TPSA) is 82.4 Å². The Labute approximate surface area is 169 Å². The average Bonchev–Trinajstić information content (AvgIpc) is 3.50. The molecule has 0 aliphatic carbocycles. The molecule has 2 saturated heterocycles. The standard InChI is InChI=1S/C21H27N7O/c1-22-8-12-26-9-2-3-18(26)21(29)27-10-5-15(6-11-27)28-14-25-17-13-24-20-16(19(17)28)4-7-23-20/h4,7,13-15,18H,1-3,5-6,8-12H2,(H,23,24). The Balaban J connectivity index is 1.29. The van der Waals surface area contributed by atoms with Crippen LogP contribution in [0.4, 0.5) is 0 Å². The van der Waals surface area contributed by atoms with E-state index in [0.717, 1.165) is 73.9 Å². The number of hydrogen-bond donors (Lipinski definition) is 1. The van der Waals surface area contributed by atoms with Crippen molar-refractivity contribution in [2.24, 2.45) is 4.99 Å². The smallest absolute Gasteiger partial charge is 0.239 e. The average molecular weight is 393 g/mol. The Morgan fingerprint density at radius 2 is 2.10 bits per heavy atom. The second-order valence-corrected chi connectivity index (χ2v) is 8.08. The highest BCUT2D eigenvalue weighted by Crippen LogP contribution is 2.31. The maximum absolute atomic E-state index is 13.1. The van der Waals surface area contributed by atoms with Gasteiger partial charge in [-0.15, -0.1) is 0 Å². The number of carbonyl (C=O) groups excluding carboxylic acids is 1. The molecule has 152 valence electrons. The summed E-state index contributed by atoms with van der Waals surface area (Å²) in [6.07, 6.45) is 9.63. The van der Waals surface area contributed by atoms with Crippen LogP contribution in [-0.2, 0) is 4.79 Å². The van der Waals surface area contributed by atoms with Crippen LogP contribution in [0.25, 0.3) is 22.1 Å². The number of nitrogens with zero attached hydrogens (tertiary/aromatic N) is 6. The van der Waals surface area contributed by atoms with Crippen LogP contribution in [0.1, 0.15) is 31.7 Å². The van der Waals surface area contributed by atoms with Crippen LogP contribution in [-0.4, -0.2) is 80.7 Å². The zero-order valence-electron chi connectivity index (χ0n) is 16.6. The third-order valence-corrected chi connectivity index (χ3v) is 6.48. The number of aromatic nitrogens is 4. The molecule has 8 heteroatoms. The molecule has 0 spiro atoms. The molecule has 5 heterocycles. The minimum atomic E-state index is 0.0212. The first kappa shape index (κ1) is 18.3. The molecule has 29 heavy (non-hydrogen) atoms. The van der Waals surface area contributed by atoms with E-state index in [2.05, 4.69) is 47.1 Å². The number of aliphatic imine (C=N–C) groups is 1. The molecular weight excluding hydrogens is 366 g/mol. The highest BCUT2D eigenvalue weighted by atomic mass is 16.2. The van der Waals surface area contributed by atoms with Crippen molar-refractivity contribution in [2.75, 3.05) is 32.7 Å². The van der Waals surface area contributed by atoms with E-state index in [1.165, 1.54) is 0 Å². The number of H-pyrrole nitrogens is 1. The molecular formula is C21H27N7O. The number of nitrogens with one attached hydrogen (secondary N) is 1. The molecule has 2 fully saturated rings. The van der Waals surface area contributed by atoms with Gasteiger partial charge in [0.15, 0.2) is 0 Å². The van der Waals surface area contributed by atoms with Crippen molar-refractivity contribution < 1.29 is 4.79 Å². The van der Waals surface area contributed by atoms with Gasteiger partial charge in [-0.25, -0.2) is 9.97 Å². The van der Waals surface area contributed by atoms with E-state index in [4.69, 9.17) is 0 Å². The minimum absolute atomic E-state index is 0.0212. The summed E-state index contributed by atoms with van der Waals surface area (Å²) in [5.74, 6) is 0.290. The van der Waals surface area contributed by atoms with Gasteiger partial charge >= 0.3 is 0 Å². The monoisotopic (exact) mass is 393 g/mol. The van der Waals surface area contributed by atoms with E-state index in [1.807, 2.05) is 18.7 Å². The first-order valence-corrected chi connectivity index (χ1v) is 10.5. The third-order valence-electron chi connectivity index (χ3n) is 6.48. The van der Waals surface area contributed by atoms with E-state index >= 15 is 0 Å². The number of hydrogen-bond acceptors (Lipinski definition) is 5. The maximum atomic E-state index is 13.1. The summed E-state index contributed by atoms with van der Waals surface area (Å²) in [7, 11) is 0. The van der Waals surface area contributed by atoms with Gasteiger partial charge in [0.25, 0.3) is 0 Å². The molecule has 2 aliphatic heterocycles. The summed E-state index contributed by atoms with van der Waals surface area (Å²) >= 11 is 0. The van der Waals surface area contributed by atoms with E-state index in [9.17, 15) is 4.79 Å². The van der Waals surface area contributed by atoms with Gasteiger partial charge < -0.3 is 14.5 Å². The number of fused-ring (bicyclic) bond motifs is 3. The van der Waals surface area contributed by atoms with Crippen molar-refractivity contribution >= 4 is 34.7 Å². The van der Waals surface area contributed by atoms with Crippen LogP contribution in [0.5, 0.6) is 0 Å². The van der Waals surface area contributed by atoms with Gasteiger partial charge in [0, 0.05) is 37.3 Å². The number of imidazole rings is 1. The first-order chi connectivity index (χ1) is 14.3. The summed E-state index contributed by atoms with van der Waals surface area (Å²) in [5.41, 5.74) is 2.95. The highest BCUT2D eigenvalue weighted by Gasteiger charge is 2.35. The van der Waals surface area contributed by atoms with Crippen molar-refractivity contribution in [3.05, 3.63) is 24.8 Å². The third kappa shape index (κ3) is 3.21. The molecule has 8 nitrogen and oxygen atoms in total. The van der Waals surface area contributed by atoms with Crippen molar-refractivity contribution in [1.82, 2.24) is 29.3 Å². The van der Waals surface area contributed by atoms with Gasteiger partial charge in [-0.1, -0.05) is 0 Å². The van der Waals surface area contributed by atoms with Crippen LogP contribution in [0.15, 0.2) is 29.8 Å². The minimum Gasteiger partial charge on any atom is -0.346 e. The molecule has 1 atom stereocenters. The fourth-order valence-electron chi connectivity index (χ4n) is 4.96. The number of aromatic amines is 1. The van der Waals surface area contributed by atoms with E-state index in [0.29, 0.717) is 12.6 Å². The lowest BCUT2D eigenvalue weighted by Gasteiger charge is -2.36. The van der Waals surface area contributed by atoms with Crippen LogP contribution >= 0.6 is 0 Å². The summed E-state index contributed by atoms with van der Waals surface area (Å²) in [4.78, 5) is 33.6. The number of carbonyl (C=O) groups is 1. The molecule has 0 saturated carbocycles. The molecule has 0 aromatic carbocycles. The van der Waals surface area contributed by atoms with Crippen molar-refractivity contribution in [3.63, 3.8) is 0 Å². The number of amides is 1. The molecule has 1 unspecified atom stereocenters. The Kier molecular flexibility index (Phi) is 4.79. The summed E-state index contributed by atoms with van der Waals surface area (Å²) in [6.45, 7) is 7.68. The van der Waals surface area contributed by atoms with Crippen LogP contribution in [0, 0.1) is 0 Å². The highest BCUT2D eigenvalue weighted by molar-refractivity contribution is 6.00. The normalized spacial score (nSPS) is 21.4. The summed E-state index contributed by atoms with van der Waals surface area (Å²) in [5, 5.41) is 1.11. The predicted molar refractivity (Wildman–Crippen MR) is 113 cm³/mol. The number of pyridine rings is 1. The van der Waals surface area contributed by atoms with Crippen LogP contribution < -0.4 is 0 Å². The molecule has 0 bridgehead atoms.